The summed E-state index contributed by atoms with van der Waals surface area (Å²) in [4.78, 5) is 17.2. The average molecular weight is 218 g/mol. The Morgan fingerprint density at radius 3 is 2.81 bits per heavy atom. The zero-order valence-electron chi connectivity index (χ0n) is 8.34. The third kappa shape index (κ3) is 2.03. The van der Waals surface area contributed by atoms with Crippen LogP contribution in [-0.4, -0.2) is 26.2 Å². The molecule has 3 N–H and O–H groups in total. The number of benzene rings is 1. The van der Waals surface area contributed by atoms with Gasteiger partial charge in [-0.2, -0.15) is 0 Å². The van der Waals surface area contributed by atoms with Crippen LogP contribution in [0.1, 0.15) is 5.82 Å². The molecular weight excluding hydrogens is 208 g/mol. The number of carboxylic acid groups (broad SMARTS) is 1. The third-order valence-electron chi connectivity index (χ3n) is 2.14. The summed E-state index contributed by atoms with van der Waals surface area (Å²) in [5.41, 5.74) is 1.21. The van der Waals surface area contributed by atoms with Gasteiger partial charge in [0.15, 0.2) is 0 Å². The van der Waals surface area contributed by atoms with Crippen molar-refractivity contribution >= 4 is 5.97 Å². The summed E-state index contributed by atoms with van der Waals surface area (Å²) in [6.45, 7) is 0. The van der Waals surface area contributed by atoms with Gasteiger partial charge < -0.3 is 15.2 Å². The van der Waals surface area contributed by atoms with E-state index in [1.54, 1.807) is 24.3 Å². The molecule has 0 fully saturated rings. The molecule has 2 rings (SSSR count). The molecule has 5 heteroatoms. The first-order chi connectivity index (χ1) is 7.66. The Labute approximate surface area is 91.4 Å². The SMILES string of the molecule is O=C(O)Cc1ncc(-c2ccccc2O)[nH]1. The Kier molecular flexibility index (Phi) is 2.59. The summed E-state index contributed by atoms with van der Waals surface area (Å²) in [5, 5.41) is 18.2. The predicted octanol–water partition coefficient (Wildman–Crippen LogP) is 1.41. The zero-order chi connectivity index (χ0) is 11.5. The molecule has 0 bridgehead atoms. The van der Waals surface area contributed by atoms with E-state index in [0.29, 0.717) is 17.1 Å². The van der Waals surface area contributed by atoms with Crippen LogP contribution >= 0.6 is 0 Å². The van der Waals surface area contributed by atoms with Gasteiger partial charge in [0.2, 0.25) is 0 Å². The van der Waals surface area contributed by atoms with Gasteiger partial charge in [0.25, 0.3) is 0 Å². The number of carboxylic acids is 1. The first-order valence-corrected chi connectivity index (χ1v) is 4.71. The summed E-state index contributed by atoms with van der Waals surface area (Å²) < 4.78 is 0. The van der Waals surface area contributed by atoms with E-state index in [1.165, 1.54) is 6.20 Å². The number of rotatable bonds is 3. The quantitative estimate of drug-likeness (QED) is 0.727. The number of imidazole rings is 1. The van der Waals surface area contributed by atoms with Crippen molar-refractivity contribution in [1.82, 2.24) is 9.97 Å². The number of phenols is 1. The standard InChI is InChI=1S/C11H10N2O3/c14-9-4-2-1-3-7(9)8-6-12-10(13-8)5-11(15)16/h1-4,6,14H,5H2,(H,12,13)(H,15,16). The predicted molar refractivity (Wildman–Crippen MR) is 57.0 cm³/mol. The number of aromatic nitrogens is 2. The molecule has 0 atom stereocenters. The Balaban J connectivity index is 2.32. The molecule has 1 aromatic carbocycles. The van der Waals surface area contributed by atoms with Crippen molar-refractivity contribution in [3.63, 3.8) is 0 Å². The Bertz CT molecular complexity index is 519. The Morgan fingerprint density at radius 1 is 1.38 bits per heavy atom. The molecule has 0 unspecified atom stereocenters. The summed E-state index contributed by atoms with van der Waals surface area (Å²) in [7, 11) is 0. The molecule has 0 aliphatic heterocycles. The van der Waals surface area contributed by atoms with Gasteiger partial charge in [0, 0.05) is 5.56 Å². The molecule has 0 saturated carbocycles. The van der Waals surface area contributed by atoms with E-state index < -0.39 is 5.97 Å². The summed E-state index contributed by atoms with van der Waals surface area (Å²) in [6.07, 6.45) is 1.35. The first kappa shape index (κ1) is 10.2. The smallest absolute Gasteiger partial charge is 0.311 e. The zero-order valence-corrected chi connectivity index (χ0v) is 8.34. The molecule has 2 aromatic rings. The van der Waals surface area contributed by atoms with Crippen molar-refractivity contribution in [3.8, 4) is 17.0 Å². The normalized spacial score (nSPS) is 10.2. The van der Waals surface area contributed by atoms with Gasteiger partial charge in [-0.05, 0) is 12.1 Å². The van der Waals surface area contributed by atoms with Gasteiger partial charge in [-0.3, -0.25) is 4.79 Å². The maximum atomic E-state index is 10.5. The number of carbonyl (C=O) groups is 1. The summed E-state index contributed by atoms with van der Waals surface area (Å²) >= 11 is 0. The van der Waals surface area contributed by atoms with E-state index in [-0.39, 0.29) is 12.2 Å². The Hall–Kier alpha value is -2.30. The van der Waals surface area contributed by atoms with E-state index in [0.717, 1.165) is 0 Å². The second-order valence-electron chi connectivity index (χ2n) is 3.33. The van der Waals surface area contributed by atoms with Gasteiger partial charge >= 0.3 is 5.97 Å². The van der Waals surface area contributed by atoms with Crippen molar-refractivity contribution < 1.29 is 15.0 Å². The topological polar surface area (TPSA) is 86.2 Å². The lowest BCUT2D eigenvalue weighted by molar-refractivity contribution is -0.136. The number of aromatic amines is 1. The molecule has 0 radical (unpaired) electrons. The van der Waals surface area contributed by atoms with Crippen LogP contribution in [0.25, 0.3) is 11.3 Å². The highest BCUT2D eigenvalue weighted by molar-refractivity contribution is 5.70. The third-order valence-corrected chi connectivity index (χ3v) is 2.14. The fraction of sp³-hybridized carbons (Fsp3) is 0.0909. The molecule has 1 heterocycles. The fourth-order valence-electron chi connectivity index (χ4n) is 1.43. The number of nitrogens with zero attached hydrogens (tertiary/aromatic N) is 1. The van der Waals surface area contributed by atoms with Crippen molar-refractivity contribution in [2.24, 2.45) is 0 Å². The molecule has 0 saturated heterocycles. The minimum atomic E-state index is -0.946. The van der Waals surface area contributed by atoms with Crippen molar-refractivity contribution in [2.75, 3.05) is 0 Å². The van der Waals surface area contributed by atoms with Crippen LogP contribution in [0.5, 0.6) is 5.75 Å². The highest BCUT2D eigenvalue weighted by atomic mass is 16.4. The van der Waals surface area contributed by atoms with Gasteiger partial charge in [-0.15, -0.1) is 0 Å². The lowest BCUT2D eigenvalue weighted by atomic mass is 10.1. The van der Waals surface area contributed by atoms with Crippen LogP contribution in [0, 0.1) is 0 Å². The largest absolute Gasteiger partial charge is 0.507 e. The highest BCUT2D eigenvalue weighted by Crippen LogP contribution is 2.26. The minimum absolute atomic E-state index is 0.132. The molecule has 0 aliphatic rings. The van der Waals surface area contributed by atoms with Crippen LogP contribution in [0.4, 0.5) is 0 Å². The molecular formula is C11H10N2O3. The van der Waals surface area contributed by atoms with E-state index in [2.05, 4.69) is 9.97 Å². The molecule has 5 nitrogen and oxygen atoms in total. The van der Waals surface area contributed by atoms with Crippen molar-refractivity contribution in [2.45, 2.75) is 6.42 Å². The van der Waals surface area contributed by atoms with Crippen LogP contribution in [0.15, 0.2) is 30.5 Å². The summed E-state index contributed by atoms with van der Waals surface area (Å²) in [6, 6.07) is 6.79. The average Bonchev–Trinajstić information content (AvgIpc) is 2.66. The van der Waals surface area contributed by atoms with E-state index in [9.17, 15) is 9.90 Å². The lowest BCUT2D eigenvalue weighted by Gasteiger charge is -1.99. The highest BCUT2D eigenvalue weighted by Gasteiger charge is 2.08. The Morgan fingerprint density at radius 2 is 2.12 bits per heavy atom. The molecule has 82 valence electrons. The fourth-order valence-corrected chi connectivity index (χ4v) is 1.43. The summed E-state index contributed by atoms with van der Waals surface area (Å²) in [5.74, 6) is -0.447. The maximum Gasteiger partial charge on any atom is 0.311 e. The monoisotopic (exact) mass is 218 g/mol. The van der Waals surface area contributed by atoms with Crippen LogP contribution in [0.2, 0.25) is 0 Å². The van der Waals surface area contributed by atoms with Gasteiger partial charge in [0.1, 0.15) is 18.0 Å². The lowest BCUT2D eigenvalue weighted by Crippen LogP contribution is -2.01. The number of hydrogen-bond donors (Lipinski definition) is 3. The molecule has 16 heavy (non-hydrogen) atoms. The van der Waals surface area contributed by atoms with Gasteiger partial charge in [0.05, 0.1) is 11.9 Å². The van der Waals surface area contributed by atoms with Crippen LogP contribution < -0.4 is 0 Å². The minimum Gasteiger partial charge on any atom is -0.507 e. The number of aliphatic carboxylic acids is 1. The second kappa shape index (κ2) is 4.06. The van der Waals surface area contributed by atoms with Crippen LogP contribution in [-0.2, 0) is 11.2 Å². The van der Waals surface area contributed by atoms with E-state index >= 15 is 0 Å². The van der Waals surface area contributed by atoms with Crippen molar-refractivity contribution in [3.05, 3.63) is 36.3 Å². The molecule has 0 aliphatic carbocycles. The number of hydrogen-bond acceptors (Lipinski definition) is 3. The van der Waals surface area contributed by atoms with E-state index in [4.69, 9.17) is 5.11 Å². The van der Waals surface area contributed by atoms with Gasteiger partial charge in [-0.25, -0.2) is 4.98 Å². The number of H-pyrrole nitrogens is 1. The number of phenolic OH excluding ortho intramolecular Hbond substituents is 1. The maximum absolute atomic E-state index is 10.5. The number of aromatic hydroxyl groups is 1. The van der Waals surface area contributed by atoms with E-state index in [1.807, 2.05) is 0 Å². The second-order valence-corrected chi connectivity index (χ2v) is 3.33. The molecule has 0 spiro atoms. The molecule has 0 amide bonds. The van der Waals surface area contributed by atoms with Gasteiger partial charge in [-0.1, -0.05) is 12.1 Å². The number of para-hydroxylation sites is 1. The van der Waals surface area contributed by atoms with Crippen molar-refractivity contribution in [1.29, 1.82) is 0 Å². The number of nitrogens with one attached hydrogen (secondary N) is 1. The first-order valence-electron chi connectivity index (χ1n) is 4.71. The van der Waals surface area contributed by atoms with Crippen LogP contribution in [0.3, 0.4) is 0 Å². The molecule has 1 aromatic heterocycles.